The number of aliphatic imine (C=N–C) groups is 1. The number of hydrazine groups is 1. The number of carbonyl (C=O) groups excluding carboxylic acids is 1. The summed E-state index contributed by atoms with van der Waals surface area (Å²) in [5.74, 6) is -0.753. The van der Waals surface area contributed by atoms with Crippen LogP contribution in [0.25, 0.3) is 0 Å². The van der Waals surface area contributed by atoms with Gasteiger partial charge in [0, 0.05) is 5.56 Å². The Morgan fingerprint density at radius 2 is 1.95 bits per heavy atom. The van der Waals surface area contributed by atoms with Crippen molar-refractivity contribution in [2.24, 2.45) is 10.7 Å². The third-order valence-corrected chi connectivity index (χ3v) is 3.06. The van der Waals surface area contributed by atoms with Crippen molar-refractivity contribution in [1.29, 1.82) is 0 Å². The lowest BCUT2D eigenvalue weighted by atomic mass is 10.1. The van der Waals surface area contributed by atoms with Crippen molar-refractivity contribution in [2.75, 3.05) is 5.17 Å². The molecule has 1 aliphatic rings. The molecule has 0 saturated heterocycles. The molecule has 0 aromatic heterocycles. The molecule has 7 heteroatoms. The summed E-state index contributed by atoms with van der Waals surface area (Å²) in [5, 5.41) is 10.7. The molecule has 1 amide bonds. The number of anilines is 1. The number of amides is 1. The molecule has 106 valence electrons. The Morgan fingerprint density at radius 1 is 1.24 bits per heavy atom. The number of hydrogen-bond acceptors (Lipinski definition) is 5. The van der Waals surface area contributed by atoms with Gasteiger partial charge in [0.25, 0.3) is 5.91 Å². The summed E-state index contributed by atoms with van der Waals surface area (Å²) in [7, 11) is 0. The third-order valence-electron chi connectivity index (χ3n) is 3.06. The van der Waals surface area contributed by atoms with Gasteiger partial charge in [0.1, 0.15) is 17.2 Å². The SMILES string of the molecule is NC(=O)c1cccc2c1N=C(c1ccc(F)cc1)NN2O. The molecular weight excluding hydrogens is 275 g/mol. The topological polar surface area (TPSA) is 91.0 Å². The first-order valence-electron chi connectivity index (χ1n) is 6.09. The van der Waals surface area contributed by atoms with E-state index in [1.165, 1.54) is 30.3 Å². The maximum Gasteiger partial charge on any atom is 0.250 e. The summed E-state index contributed by atoms with van der Waals surface area (Å²) < 4.78 is 13.0. The number of halogens is 1. The first-order valence-corrected chi connectivity index (χ1v) is 6.09. The predicted molar refractivity (Wildman–Crippen MR) is 75.0 cm³/mol. The molecule has 6 nitrogen and oxygen atoms in total. The van der Waals surface area contributed by atoms with Gasteiger partial charge in [0.15, 0.2) is 5.84 Å². The van der Waals surface area contributed by atoms with Crippen LogP contribution in [0.15, 0.2) is 47.5 Å². The van der Waals surface area contributed by atoms with E-state index in [0.29, 0.717) is 11.3 Å². The van der Waals surface area contributed by atoms with Crippen LogP contribution in [0, 0.1) is 5.82 Å². The van der Waals surface area contributed by atoms with Crippen molar-refractivity contribution in [1.82, 2.24) is 5.43 Å². The number of rotatable bonds is 2. The molecule has 0 spiro atoms. The molecule has 0 bridgehead atoms. The van der Waals surface area contributed by atoms with E-state index in [1.807, 2.05) is 0 Å². The van der Waals surface area contributed by atoms with Crippen molar-refractivity contribution in [3.63, 3.8) is 0 Å². The second-order valence-corrected chi connectivity index (χ2v) is 4.43. The highest BCUT2D eigenvalue weighted by Crippen LogP contribution is 2.33. The molecule has 0 unspecified atom stereocenters. The maximum atomic E-state index is 13.0. The Kier molecular flexibility index (Phi) is 3.03. The van der Waals surface area contributed by atoms with E-state index in [9.17, 15) is 14.4 Å². The molecule has 0 aliphatic carbocycles. The summed E-state index contributed by atoms with van der Waals surface area (Å²) in [6.07, 6.45) is 0. The number of carbonyl (C=O) groups is 1. The van der Waals surface area contributed by atoms with Gasteiger partial charge >= 0.3 is 0 Å². The number of primary amides is 1. The van der Waals surface area contributed by atoms with Crippen LogP contribution in [0.2, 0.25) is 0 Å². The first-order chi connectivity index (χ1) is 10.1. The molecule has 0 atom stereocenters. The van der Waals surface area contributed by atoms with E-state index in [2.05, 4.69) is 10.4 Å². The number of para-hydroxylation sites is 1. The summed E-state index contributed by atoms with van der Waals surface area (Å²) in [6, 6.07) is 10.3. The average molecular weight is 286 g/mol. The van der Waals surface area contributed by atoms with Gasteiger partial charge in [-0.15, -0.1) is 0 Å². The van der Waals surface area contributed by atoms with Gasteiger partial charge in [0.05, 0.1) is 5.56 Å². The summed E-state index contributed by atoms with van der Waals surface area (Å²) in [6.45, 7) is 0. The van der Waals surface area contributed by atoms with Crippen LogP contribution >= 0.6 is 0 Å². The van der Waals surface area contributed by atoms with Crippen LogP contribution in [0.4, 0.5) is 15.8 Å². The van der Waals surface area contributed by atoms with Crippen molar-refractivity contribution >= 4 is 23.1 Å². The van der Waals surface area contributed by atoms with Gasteiger partial charge in [-0.3, -0.25) is 15.4 Å². The number of fused-ring (bicyclic) bond motifs is 1. The number of nitrogens with zero attached hydrogens (tertiary/aromatic N) is 2. The zero-order valence-corrected chi connectivity index (χ0v) is 10.7. The lowest BCUT2D eigenvalue weighted by molar-refractivity contribution is 0.100. The molecule has 0 saturated carbocycles. The fourth-order valence-corrected chi connectivity index (χ4v) is 2.05. The van der Waals surface area contributed by atoms with E-state index < -0.39 is 5.91 Å². The molecule has 3 rings (SSSR count). The highest BCUT2D eigenvalue weighted by Gasteiger charge is 2.22. The highest BCUT2D eigenvalue weighted by atomic mass is 19.1. The summed E-state index contributed by atoms with van der Waals surface area (Å²) >= 11 is 0. The molecule has 0 fully saturated rings. The van der Waals surface area contributed by atoms with Gasteiger partial charge < -0.3 is 5.73 Å². The summed E-state index contributed by atoms with van der Waals surface area (Å²) in [5.41, 5.74) is 9.25. The fourth-order valence-electron chi connectivity index (χ4n) is 2.05. The second kappa shape index (κ2) is 4.88. The van der Waals surface area contributed by atoms with E-state index in [-0.39, 0.29) is 22.9 Å². The Bertz CT molecular complexity index is 743. The third kappa shape index (κ3) is 2.30. The Labute approximate surface area is 119 Å². The van der Waals surface area contributed by atoms with E-state index in [0.717, 1.165) is 5.17 Å². The number of hydrogen-bond donors (Lipinski definition) is 3. The quantitative estimate of drug-likeness (QED) is 0.784. The molecule has 2 aromatic carbocycles. The maximum absolute atomic E-state index is 13.0. The van der Waals surface area contributed by atoms with Crippen LogP contribution < -0.4 is 16.3 Å². The van der Waals surface area contributed by atoms with Gasteiger partial charge in [-0.25, -0.2) is 9.38 Å². The van der Waals surface area contributed by atoms with Crippen molar-refractivity contribution in [3.05, 3.63) is 59.4 Å². The van der Waals surface area contributed by atoms with Crippen molar-refractivity contribution < 1.29 is 14.4 Å². The molecule has 21 heavy (non-hydrogen) atoms. The standard InChI is InChI=1S/C14H11FN4O2/c15-9-6-4-8(5-7-9)14-17-12-10(13(16)20)2-1-3-11(12)19(21)18-14/h1-7,21H,(H2,16,20)(H,17,18). The smallest absolute Gasteiger partial charge is 0.250 e. The van der Waals surface area contributed by atoms with Crippen LogP contribution in [-0.2, 0) is 0 Å². The molecule has 4 N–H and O–H groups in total. The van der Waals surface area contributed by atoms with E-state index in [1.54, 1.807) is 12.1 Å². The summed E-state index contributed by atoms with van der Waals surface area (Å²) in [4.78, 5) is 15.7. The Balaban J connectivity index is 2.14. The number of benzene rings is 2. The predicted octanol–water partition coefficient (Wildman–Crippen LogP) is 1.72. The number of nitrogens with two attached hydrogens (primary N) is 1. The van der Waals surface area contributed by atoms with E-state index in [4.69, 9.17) is 5.73 Å². The Morgan fingerprint density at radius 3 is 2.62 bits per heavy atom. The van der Waals surface area contributed by atoms with Crippen LogP contribution in [0.1, 0.15) is 15.9 Å². The first kappa shape index (κ1) is 13.1. The largest absolute Gasteiger partial charge is 0.366 e. The minimum Gasteiger partial charge on any atom is -0.366 e. The van der Waals surface area contributed by atoms with Crippen molar-refractivity contribution in [2.45, 2.75) is 0 Å². The van der Waals surface area contributed by atoms with Gasteiger partial charge in [0.2, 0.25) is 0 Å². The van der Waals surface area contributed by atoms with Crippen LogP contribution in [0.5, 0.6) is 0 Å². The Hall–Kier alpha value is -2.93. The lowest BCUT2D eigenvalue weighted by Crippen LogP contribution is -2.42. The van der Waals surface area contributed by atoms with Gasteiger partial charge in [-0.2, -0.15) is 5.17 Å². The van der Waals surface area contributed by atoms with Crippen LogP contribution in [-0.4, -0.2) is 17.0 Å². The number of nitrogens with one attached hydrogen (secondary N) is 1. The monoisotopic (exact) mass is 286 g/mol. The molecular formula is C14H11FN4O2. The van der Waals surface area contributed by atoms with E-state index >= 15 is 0 Å². The molecule has 0 radical (unpaired) electrons. The zero-order chi connectivity index (χ0) is 15.0. The lowest BCUT2D eigenvalue weighted by Gasteiger charge is -2.26. The molecule has 1 aliphatic heterocycles. The number of amidine groups is 1. The fraction of sp³-hybridized carbons (Fsp3) is 0. The zero-order valence-electron chi connectivity index (χ0n) is 10.7. The molecule has 2 aromatic rings. The van der Waals surface area contributed by atoms with Gasteiger partial charge in [-0.1, -0.05) is 6.07 Å². The minimum atomic E-state index is -0.649. The van der Waals surface area contributed by atoms with Crippen LogP contribution in [0.3, 0.4) is 0 Å². The second-order valence-electron chi connectivity index (χ2n) is 4.43. The average Bonchev–Trinajstić information content (AvgIpc) is 2.47. The van der Waals surface area contributed by atoms with Gasteiger partial charge in [-0.05, 0) is 36.4 Å². The molecule has 1 heterocycles. The highest BCUT2D eigenvalue weighted by molar-refractivity contribution is 6.08. The normalized spacial score (nSPS) is 13.2. The van der Waals surface area contributed by atoms with Crippen molar-refractivity contribution in [3.8, 4) is 0 Å². The minimum absolute atomic E-state index is 0.188.